The minimum absolute atomic E-state index is 0.142. The standard InChI is InChI=1S/C28H23N3OS/c1-19-8-12-21(13-9-19)24-16-26(22-6-4-3-5-7-22)31-28(25(24)17-29)33-18-27(32)30-23-14-10-20(2)11-15-23/h3-16H,18H2,1-2H3,(H,30,32). The second kappa shape index (κ2) is 10.2. The Bertz CT molecular complexity index is 1310. The van der Waals surface area contributed by atoms with Gasteiger partial charge in [0.05, 0.1) is 17.0 Å². The Labute approximate surface area is 198 Å². The van der Waals surface area contributed by atoms with Gasteiger partial charge < -0.3 is 5.32 Å². The number of nitrogens with zero attached hydrogens (tertiary/aromatic N) is 2. The number of nitrogens with one attached hydrogen (secondary N) is 1. The summed E-state index contributed by atoms with van der Waals surface area (Å²) in [4.78, 5) is 17.3. The van der Waals surface area contributed by atoms with Gasteiger partial charge >= 0.3 is 0 Å². The fourth-order valence-corrected chi connectivity index (χ4v) is 4.22. The lowest BCUT2D eigenvalue weighted by Gasteiger charge is -2.13. The molecule has 0 unspecified atom stereocenters. The molecule has 3 aromatic carbocycles. The Balaban J connectivity index is 1.67. The monoisotopic (exact) mass is 449 g/mol. The summed E-state index contributed by atoms with van der Waals surface area (Å²) in [6.07, 6.45) is 0. The van der Waals surface area contributed by atoms with E-state index in [0.29, 0.717) is 10.6 Å². The first-order valence-corrected chi connectivity index (χ1v) is 11.6. The van der Waals surface area contributed by atoms with Gasteiger partial charge in [0, 0.05) is 16.8 Å². The average Bonchev–Trinajstić information content (AvgIpc) is 2.84. The van der Waals surface area contributed by atoms with Gasteiger partial charge in [-0.1, -0.05) is 89.6 Å². The molecule has 0 aliphatic carbocycles. The van der Waals surface area contributed by atoms with E-state index in [1.54, 1.807) is 0 Å². The van der Waals surface area contributed by atoms with Gasteiger partial charge in [-0.05, 0) is 37.6 Å². The SMILES string of the molecule is Cc1ccc(NC(=O)CSc2nc(-c3ccccc3)cc(-c3ccc(C)cc3)c2C#N)cc1. The summed E-state index contributed by atoms with van der Waals surface area (Å²) >= 11 is 1.28. The molecule has 0 fully saturated rings. The predicted molar refractivity (Wildman–Crippen MR) is 135 cm³/mol. The Hall–Kier alpha value is -3.88. The van der Waals surface area contributed by atoms with Crippen molar-refractivity contribution in [3.8, 4) is 28.5 Å². The first-order chi connectivity index (χ1) is 16.0. The number of carbonyl (C=O) groups is 1. The summed E-state index contributed by atoms with van der Waals surface area (Å²) in [5, 5.41) is 13.5. The van der Waals surface area contributed by atoms with Gasteiger partial charge in [-0.15, -0.1) is 0 Å². The Morgan fingerprint density at radius 2 is 1.55 bits per heavy atom. The molecule has 0 aliphatic rings. The van der Waals surface area contributed by atoms with Gasteiger partial charge in [-0.3, -0.25) is 4.79 Å². The van der Waals surface area contributed by atoms with Crippen molar-refractivity contribution in [2.45, 2.75) is 18.9 Å². The maximum Gasteiger partial charge on any atom is 0.234 e. The lowest BCUT2D eigenvalue weighted by Crippen LogP contribution is -2.14. The number of rotatable bonds is 6. The third-order valence-corrected chi connectivity index (χ3v) is 6.18. The third-order valence-electron chi connectivity index (χ3n) is 5.21. The molecular formula is C28H23N3OS. The Morgan fingerprint density at radius 1 is 0.909 bits per heavy atom. The van der Waals surface area contributed by atoms with Crippen LogP contribution in [0, 0.1) is 25.2 Å². The van der Waals surface area contributed by atoms with E-state index in [1.807, 2.05) is 98.8 Å². The van der Waals surface area contributed by atoms with Gasteiger partial charge in [0.15, 0.2) is 0 Å². The molecule has 1 amide bonds. The minimum atomic E-state index is -0.142. The molecule has 5 heteroatoms. The van der Waals surface area contributed by atoms with Crippen LogP contribution in [0.1, 0.15) is 16.7 Å². The molecule has 4 aromatic rings. The fourth-order valence-electron chi connectivity index (χ4n) is 3.42. The van der Waals surface area contributed by atoms with Gasteiger partial charge in [0.1, 0.15) is 11.1 Å². The molecule has 4 rings (SSSR count). The summed E-state index contributed by atoms with van der Waals surface area (Å²) in [5.41, 5.74) is 7.00. The van der Waals surface area contributed by atoms with Crippen molar-refractivity contribution >= 4 is 23.4 Å². The third kappa shape index (κ3) is 5.49. The lowest BCUT2D eigenvalue weighted by atomic mass is 9.98. The molecule has 0 atom stereocenters. The van der Waals surface area contributed by atoms with E-state index < -0.39 is 0 Å². The van der Waals surface area contributed by atoms with Crippen molar-refractivity contribution < 1.29 is 4.79 Å². The number of anilines is 1. The summed E-state index contributed by atoms with van der Waals surface area (Å²) in [5.74, 6) is 0.0118. The molecule has 0 saturated heterocycles. The van der Waals surface area contributed by atoms with Crippen LogP contribution in [0.15, 0.2) is 90.0 Å². The lowest BCUT2D eigenvalue weighted by molar-refractivity contribution is -0.113. The highest BCUT2D eigenvalue weighted by Gasteiger charge is 2.17. The van der Waals surface area contributed by atoms with Crippen molar-refractivity contribution in [1.82, 2.24) is 4.98 Å². The highest BCUT2D eigenvalue weighted by molar-refractivity contribution is 8.00. The highest BCUT2D eigenvalue weighted by atomic mass is 32.2. The van der Waals surface area contributed by atoms with Gasteiger partial charge in [0.2, 0.25) is 5.91 Å². The molecule has 0 saturated carbocycles. The number of hydrogen-bond donors (Lipinski definition) is 1. The van der Waals surface area contributed by atoms with Crippen molar-refractivity contribution in [1.29, 1.82) is 5.26 Å². The van der Waals surface area contributed by atoms with Crippen LogP contribution in [-0.2, 0) is 4.79 Å². The summed E-state index contributed by atoms with van der Waals surface area (Å²) in [7, 11) is 0. The van der Waals surface area contributed by atoms with E-state index >= 15 is 0 Å². The van der Waals surface area contributed by atoms with Crippen LogP contribution in [-0.4, -0.2) is 16.6 Å². The van der Waals surface area contributed by atoms with E-state index in [9.17, 15) is 10.1 Å². The predicted octanol–water partition coefficient (Wildman–Crippen LogP) is 6.63. The number of aromatic nitrogens is 1. The topological polar surface area (TPSA) is 65.8 Å². The van der Waals surface area contributed by atoms with Gasteiger partial charge in [-0.2, -0.15) is 5.26 Å². The number of pyridine rings is 1. The highest BCUT2D eigenvalue weighted by Crippen LogP contribution is 2.34. The zero-order valence-corrected chi connectivity index (χ0v) is 19.3. The second-order valence-corrected chi connectivity index (χ2v) is 8.75. The number of benzene rings is 3. The fraction of sp³-hybridized carbons (Fsp3) is 0.107. The number of hydrogen-bond acceptors (Lipinski definition) is 4. The average molecular weight is 450 g/mol. The van der Waals surface area contributed by atoms with Crippen molar-refractivity contribution in [2.75, 3.05) is 11.1 Å². The normalized spacial score (nSPS) is 10.5. The molecule has 0 bridgehead atoms. The summed E-state index contributed by atoms with van der Waals surface area (Å²) in [6.45, 7) is 4.03. The van der Waals surface area contributed by atoms with Crippen LogP contribution in [0.2, 0.25) is 0 Å². The summed E-state index contributed by atoms with van der Waals surface area (Å²) in [6, 6.07) is 29.9. The van der Waals surface area contributed by atoms with Gasteiger partial charge in [-0.25, -0.2) is 4.98 Å². The summed E-state index contributed by atoms with van der Waals surface area (Å²) < 4.78 is 0. The quantitative estimate of drug-likeness (QED) is 0.335. The molecule has 1 N–H and O–H groups in total. The van der Waals surface area contributed by atoms with E-state index in [4.69, 9.17) is 4.98 Å². The number of thioether (sulfide) groups is 1. The zero-order chi connectivity index (χ0) is 23.2. The maximum atomic E-state index is 12.6. The number of carbonyl (C=O) groups excluding carboxylic acids is 1. The van der Waals surface area contributed by atoms with E-state index in [1.165, 1.54) is 11.8 Å². The van der Waals surface area contributed by atoms with Crippen molar-refractivity contribution in [3.05, 3.63) is 102 Å². The molecule has 0 radical (unpaired) electrons. The molecule has 0 spiro atoms. The van der Waals surface area contributed by atoms with Crippen LogP contribution in [0.25, 0.3) is 22.4 Å². The van der Waals surface area contributed by atoms with Crippen LogP contribution >= 0.6 is 11.8 Å². The zero-order valence-electron chi connectivity index (χ0n) is 18.5. The molecule has 4 nitrogen and oxygen atoms in total. The van der Waals surface area contributed by atoms with E-state index in [2.05, 4.69) is 11.4 Å². The first kappa shape index (κ1) is 22.3. The van der Waals surface area contributed by atoms with Crippen LogP contribution in [0.4, 0.5) is 5.69 Å². The number of nitriles is 1. The smallest absolute Gasteiger partial charge is 0.234 e. The molecule has 33 heavy (non-hydrogen) atoms. The minimum Gasteiger partial charge on any atom is -0.325 e. The van der Waals surface area contributed by atoms with Crippen molar-refractivity contribution in [2.24, 2.45) is 0 Å². The largest absolute Gasteiger partial charge is 0.325 e. The van der Waals surface area contributed by atoms with E-state index in [0.717, 1.165) is 39.2 Å². The molecule has 1 heterocycles. The van der Waals surface area contributed by atoms with Crippen LogP contribution in [0.5, 0.6) is 0 Å². The number of amides is 1. The Morgan fingerprint density at radius 3 is 2.18 bits per heavy atom. The number of aryl methyl sites for hydroxylation is 2. The van der Waals surface area contributed by atoms with Crippen molar-refractivity contribution in [3.63, 3.8) is 0 Å². The molecular weight excluding hydrogens is 426 g/mol. The molecule has 0 aliphatic heterocycles. The van der Waals surface area contributed by atoms with E-state index in [-0.39, 0.29) is 11.7 Å². The first-order valence-electron chi connectivity index (χ1n) is 10.6. The second-order valence-electron chi connectivity index (χ2n) is 7.78. The maximum absolute atomic E-state index is 12.6. The molecule has 1 aromatic heterocycles. The van der Waals surface area contributed by atoms with Crippen LogP contribution < -0.4 is 5.32 Å². The molecule has 162 valence electrons. The van der Waals surface area contributed by atoms with Gasteiger partial charge in [0.25, 0.3) is 0 Å². The Kier molecular flexibility index (Phi) is 6.87. The van der Waals surface area contributed by atoms with Crippen LogP contribution in [0.3, 0.4) is 0 Å².